The molecule has 0 aliphatic carbocycles. The molecular formula is C29H30F3N3O3. The van der Waals surface area contributed by atoms with Crippen molar-refractivity contribution in [3.8, 4) is 17.6 Å². The zero-order valence-electron chi connectivity index (χ0n) is 21.4. The van der Waals surface area contributed by atoms with E-state index in [1.807, 2.05) is 41.7 Å². The fourth-order valence-electron chi connectivity index (χ4n) is 5.14. The number of ether oxygens (including phenoxy) is 1. The van der Waals surface area contributed by atoms with Crippen LogP contribution in [0.5, 0.6) is 5.75 Å². The summed E-state index contributed by atoms with van der Waals surface area (Å²) in [4.78, 5) is 19.3. The van der Waals surface area contributed by atoms with Gasteiger partial charge in [-0.15, -0.1) is 0 Å². The van der Waals surface area contributed by atoms with Gasteiger partial charge in [0.15, 0.2) is 0 Å². The quantitative estimate of drug-likeness (QED) is 0.260. The molecule has 0 unspecified atom stereocenters. The van der Waals surface area contributed by atoms with E-state index in [0.717, 1.165) is 40.6 Å². The second kappa shape index (κ2) is 11.8. The summed E-state index contributed by atoms with van der Waals surface area (Å²) in [5.41, 5.74) is 3.75. The Bertz CT molecular complexity index is 1370. The molecule has 1 aliphatic heterocycles. The highest BCUT2D eigenvalue weighted by Gasteiger charge is 2.40. The lowest BCUT2D eigenvalue weighted by atomic mass is 9.73. The molecule has 0 radical (unpaired) electrons. The number of likely N-dealkylation sites (tertiary alicyclic amines) is 1. The summed E-state index contributed by atoms with van der Waals surface area (Å²) in [5, 5.41) is 10.5. The van der Waals surface area contributed by atoms with Crippen LogP contribution in [-0.2, 0) is 11.2 Å². The van der Waals surface area contributed by atoms with Crippen LogP contribution in [0, 0.1) is 41.6 Å². The smallest absolute Gasteiger partial charge is 0.249 e. The van der Waals surface area contributed by atoms with Gasteiger partial charge in [-0.25, -0.2) is 18.7 Å². The number of methoxy groups -OCH3 is 1. The van der Waals surface area contributed by atoms with E-state index in [0.29, 0.717) is 44.5 Å². The Morgan fingerprint density at radius 3 is 2.55 bits per heavy atom. The molecule has 1 amide bonds. The topological polar surface area (TPSA) is 74.7 Å². The van der Waals surface area contributed by atoms with Crippen LogP contribution in [-0.4, -0.2) is 47.7 Å². The zero-order chi connectivity index (χ0) is 27.3. The van der Waals surface area contributed by atoms with E-state index in [1.54, 1.807) is 7.11 Å². The number of rotatable bonds is 7. The molecule has 38 heavy (non-hydrogen) atoms. The van der Waals surface area contributed by atoms with Crippen molar-refractivity contribution >= 4 is 16.8 Å². The molecule has 1 fully saturated rings. The minimum absolute atomic E-state index is 0.247. The molecule has 1 saturated heterocycles. The molecule has 2 heterocycles. The van der Waals surface area contributed by atoms with Gasteiger partial charge in [-0.05, 0) is 68.4 Å². The number of hydroxylamine groups is 1. The van der Waals surface area contributed by atoms with Gasteiger partial charge in [0, 0.05) is 36.8 Å². The van der Waals surface area contributed by atoms with Gasteiger partial charge in [-0.1, -0.05) is 11.8 Å². The molecule has 4 rings (SSSR count). The monoisotopic (exact) mass is 525 g/mol. The average molecular weight is 526 g/mol. The number of hydrogen-bond donors (Lipinski definition) is 2. The average Bonchev–Trinajstić information content (AvgIpc) is 2.91. The number of fused-ring (bicyclic) bond motifs is 1. The van der Waals surface area contributed by atoms with Crippen molar-refractivity contribution in [2.75, 3.05) is 26.7 Å². The Morgan fingerprint density at radius 1 is 1.18 bits per heavy atom. The van der Waals surface area contributed by atoms with E-state index in [9.17, 15) is 23.2 Å². The Kier molecular flexibility index (Phi) is 8.55. The first-order valence-corrected chi connectivity index (χ1v) is 12.5. The lowest BCUT2D eigenvalue weighted by Crippen LogP contribution is -2.48. The van der Waals surface area contributed by atoms with Gasteiger partial charge in [0.2, 0.25) is 5.91 Å². The van der Waals surface area contributed by atoms with Crippen molar-refractivity contribution in [2.24, 2.45) is 5.41 Å². The van der Waals surface area contributed by atoms with Crippen molar-refractivity contribution in [3.05, 3.63) is 70.7 Å². The predicted octanol–water partition coefficient (Wildman–Crippen LogP) is 4.93. The number of carbonyl (C=O) groups excluding carboxylic acids is 1. The second-order valence-electron chi connectivity index (χ2n) is 9.70. The lowest BCUT2D eigenvalue weighted by Gasteiger charge is -2.39. The van der Waals surface area contributed by atoms with Gasteiger partial charge >= 0.3 is 0 Å². The van der Waals surface area contributed by atoms with E-state index in [-0.39, 0.29) is 6.54 Å². The first-order valence-electron chi connectivity index (χ1n) is 12.5. The van der Waals surface area contributed by atoms with Crippen molar-refractivity contribution in [2.45, 2.75) is 39.0 Å². The molecule has 6 nitrogen and oxygen atoms in total. The Morgan fingerprint density at radius 2 is 1.89 bits per heavy atom. The Labute approximate surface area is 219 Å². The van der Waals surface area contributed by atoms with Crippen LogP contribution in [0.1, 0.15) is 42.4 Å². The summed E-state index contributed by atoms with van der Waals surface area (Å²) >= 11 is 0. The van der Waals surface area contributed by atoms with Crippen LogP contribution in [0.25, 0.3) is 10.9 Å². The number of aromatic nitrogens is 1. The summed E-state index contributed by atoms with van der Waals surface area (Å²) < 4.78 is 46.1. The molecule has 200 valence electrons. The summed E-state index contributed by atoms with van der Waals surface area (Å²) in [6.45, 7) is 3.33. The van der Waals surface area contributed by atoms with Crippen molar-refractivity contribution < 1.29 is 27.9 Å². The third-order valence-corrected chi connectivity index (χ3v) is 7.40. The fraction of sp³-hybridized carbons (Fsp3) is 0.379. The molecule has 0 saturated carbocycles. The number of piperidine rings is 1. The molecule has 1 aromatic heterocycles. The standard InChI is InChI=1S/C29H30F3N3O3/c1-19-18-33-27-8-7-21(38-2)17-24(27)22(19)5-3-9-29(28(36)34-37)10-13-35(14-11-29)12-4-6-23-25(31)15-20(30)16-26(23)32/h7-8,15-18,37H,3,5,9-14H2,1-2H3,(H,34,36). The number of benzene rings is 2. The summed E-state index contributed by atoms with van der Waals surface area (Å²) in [5.74, 6) is 2.47. The first-order chi connectivity index (χ1) is 18.3. The number of carbonyl (C=O) groups is 1. The highest BCUT2D eigenvalue weighted by atomic mass is 19.1. The van der Waals surface area contributed by atoms with Gasteiger partial charge in [0.25, 0.3) is 0 Å². The summed E-state index contributed by atoms with van der Waals surface area (Å²) in [7, 11) is 1.62. The predicted molar refractivity (Wildman–Crippen MR) is 137 cm³/mol. The fourth-order valence-corrected chi connectivity index (χ4v) is 5.14. The number of nitrogens with zero attached hydrogens (tertiary/aromatic N) is 2. The van der Waals surface area contributed by atoms with E-state index >= 15 is 0 Å². The van der Waals surface area contributed by atoms with E-state index in [4.69, 9.17) is 4.74 Å². The maximum Gasteiger partial charge on any atom is 0.249 e. The zero-order valence-corrected chi connectivity index (χ0v) is 21.4. The molecule has 1 aliphatic rings. The number of halogens is 3. The van der Waals surface area contributed by atoms with E-state index < -0.39 is 34.3 Å². The van der Waals surface area contributed by atoms with Gasteiger partial charge in [0.05, 0.1) is 30.1 Å². The second-order valence-corrected chi connectivity index (χ2v) is 9.70. The molecule has 2 N–H and O–H groups in total. The van der Waals surface area contributed by atoms with Crippen LogP contribution in [0.2, 0.25) is 0 Å². The van der Waals surface area contributed by atoms with Crippen molar-refractivity contribution in [3.63, 3.8) is 0 Å². The largest absolute Gasteiger partial charge is 0.497 e. The Hall–Kier alpha value is -3.61. The molecule has 9 heteroatoms. The minimum atomic E-state index is -1.04. The SMILES string of the molecule is COc1ccc2ncc(C)c(CCCC3(C(=O)NO)CCN(CC#Cc4c(F)cc(F)cc4F)CC3)c2c1. The molecular weight excluding hydrogens is 495 g/mol. The number of amides is 1. The van der Waals surface area contributed by atoms with Crippen LogP contribution in [0.4, 0.5) is 13.2 Å². The van der Waals surface area contributed by atoms with E-state index in [1.165, 1.54) is 0 Å². The van der Waals surface area contributed by atoms with Crippen LogP contribution < -0.4 is 10.2 Å². The van der Waals surface area contributed by atoms with Gasteiger partial charge in [0.1, 0.15) is 23.2 Å². The van der Waals surface area contributed by atoms with Crippen LogP contribution in [0.15, 0.2) is 36.5 Å². The van der Waals surface area contributed by atoms with Gasteiger partial charge < -0.3 is 4.74 Å². The number of aryl methyl sites for hydroxylation is 2. The normalized spacial score (nSPS) is 15.1. The maximum absolute atomic E-state index is 13.8. The van der Waals surface area contributed by atoms with Crippen LogP contribution >= 0.6 is 0 Å². The highest BCUT2D eigenvalue weighted by Crippen LogP contribution is 2.37. The molecule has 0 spiro atoms. The maximum atomic E-state index is 13.8. The number of nitrogens with one attached hydrogen (secondary N) is 1. The highest BCUT2D eigenvalue weighted by molar-refractivity contribution is 5.84. The Balaban J connectivity index is 1.41. The summed E-state index contributed by atoms with van der Waals surface area (Å²) in [6.07, 6.45) is 4.91. The third kappa shape index (κ3) is 5.93. The van der Waals surface area contributed by atoms with Crippen molar-refractivity contribution in [1.29, 1.82) is 0 Å². The molecule has 3 aromatic rings. The van der Waals surface area contributed by atoms with Gasteiger partial charge in [-0.2, -0.15) is 0 Å². The summed E-state index contributed by atoms with van der Waals surface area (Å²) in [6, 6.07) is 6.98. The molecule has 0 bridgehead atoms. The van der Waals surface area contributed by atoms with E-state index in [2.05, 4.69) is 16.8 Å². The third-order valence-electron chi connectivity index (χ3n) is 7.40. The molecule has 0 atom stereocenters. The first kappa shape index (κ1) is 27.4. The lowest BCUT2D eigenvalue weighted by molar-refractivity contribution is -0.143. The molecule has 2 aromatic carbocycles. The number of hydrogen-bond acceptors (Lipinski definition) is 5. The van der Waals surface area contributed by atoms with Crippen LogP contribution in [0.3, 0.4) is 0 Å². The van der Waals surface area contributed by atoms with Crippen molar-refractivity contribution in [1.82, 2.24) is 15.4 Å². The number of pyridine rings is 1. The van der Waals surface area contributed by atoms with Gasteiger partial charge in [-0.3, -0.25) is 19.9 Å². The minimum Gasteiger partial charge on any atom is -0.497 e.